The smallest absolute Gasteiger partial charge is 0.363 e. The highest BCUT2D eigenvalue weighted by atomic mass is 19.4. The summed E-state index contributed by atoms with van der Waals surface area (Å²) in [5.41, 5.74) is 0.628. The molecule has 23 heavy (non-hydrogen) atoms. The average Bonchev–Trinajstić information content (AvgIpc) is 2.88. The van der Waals surface area contributed by atoms with E-state index in [2.05, 4.69) is 20.4 Å². The molecule has 120 valence electrons. The van der Waals surface area contributed by atoms with E-state index in [-0.39, 0.29) is 6.04 Å². The first-order valence-electron chi connectivity index (χ1n) is 6.92. The van der Waals surface area contributed by atoms with Gasteiger partial charge in [0.1, 0.15) is 12.1 Å². The van der Waals surface area contributed by atoms with Crippen LogP contribution in [0.2, 0.25) is 0 Å². The largest absolute Gasteiger partial charge is 0.416 e. The van der Waals surface area contributed by atoms with E-state index in [1.54, 1.807) is 17.9 Å². The summed E-state index contributed by atoms with van der Waals surface area (Å²) >= 11 is 0. The summed E-state index contributed by atoms with van der Waals surface area (Å²) in [4.78, 5) is 8.26. The molecular weight excluding hydrogens is 307 g/mol. The minimum absolute atomic E-state index is 0.212. The topological polar surface area (TPSA) is 55.6 Å². The zero-order valence-corrected chi connectivity index (χ0v) is 12.5. The van der Waals surface area contributed by atoms with Crippen LogP contribution in [0.25, 0.3) is 11.0 Å². The predicted octanol–water partition coefficient (Wildman–Crippen LogP) is 3.56. The van der Waals surface area contributed by atoms with Gasteiger partial charge in [-0.1, -0.05) is 12.1 Å². The highest BCUT2D eigenvalue weighted by Gasteiger charge is 2.30. The second-order valence-corrected chi connectivity index (χ2v) is 5.25. The summed E-state index contributed by atoms with van der Waals surface area (Å²) in [6.45, 7) is 1.85. The number of nitrogens with zero attached hydrogens (tertiary/aromatic N) is 4. The van der Waals surface area contributed by atoms with Crippen LogP contribution in [-0.4, -0.2) is 19.7 Å². The molecule has 0 bridgehead atoms. The predicted molar refractivity (Wildman–Crippen MR) is 79.8 cm³/mol. The van der Waals surface area contributed by atoms with Crippen molar-refractivity contribution >= 4 is 16.9 Å². The summed E-state index contributed by atoms with van der Waals surface area (Å²) in [7, 11) is 1.78. The molecule has 5 nitrogen and oxygen atoms in total. The summed E-state index contributed by atoms with van der Waals surface area (Å²) < 4.78 is 39.4. The second kappa shape index (κ2) is 5.53. The number of anilines is 1. The summed E-state index contributed by atoms with van der Waals surface area (Å²) in [6, 6.07) is 4.86. The number of alkyl halides is 3. The number of fused-ring (bicyclic) bond motifs is 1. The molecule has 0 spiro atoms. The highest BCUT2D eigenvalue weighted by molar-refractivity contribution is 5.85. The second-order valence-electron chi connectivity index (χ2n) is 5.25. The van der Waals surface area contributed by atoms with Gasteiger partial charge in [-0.25, -0.2) is 9.97 Å². The summed E-state index contributed by atoms with van der Waals surface area (Å²) in [5, 5.41) is 8.14. The van der Waals surface area contributed by atoms with Crippen LogP contribution in [0.5, 0.6) is 0 Å². The maximum atomic E-state index is 12.6. The van der Waals surface area contributed by atoms with Crippen LogP contribution < -0.4 is 5.32 Å². The standard InChI is InChI=1S/C15H14F3N5/c1-9(10-3-5-11(6-4-10)15(16,17)18)21-13-12-7-23(2)22-14(12)20-8-19-13/h3-9H,1-2H3,(H,19,20,21,22)/t9-/m0/s1. The molecule has 1 N–H and O–H groups in total. The van der Waals surface area contributed by atoms with Crippen LogP contribution in [-0.2, 0) is 13.2 Å². The van der Waals surface area contributed by atoms with E-state index in [0.29, 0.717) is 11.5 Å². The summed E-state index contributed by atoms with van der Waals surface area (Å²) in [6.07, 6.45) is -1.14. The highest BCUT2D eigenvalue weighted by Crippen LogP contribution is 2.30. The van der Waals surface area contributed by atoms with E-state index in [4.69, 9.17) is 0 Å². The molecule has 2 heterocycles. The third kappa shape index (κ3) is 3.10. The quantitative estimate of drug-likeness (QED) is 0.801. The number of hydrogen-bond acceptors (Lipinski definition) is 4. The first kappa shape index (κ1) is 15.3. The van der Waals surface area contributed by atoms with Crippen molar-refractivity contribution in [2.45, 2.75) is 19.1 Å². The molecule has 0 fully saturated rings. The van der Waals surface area contributed by atoms with Crippen molar-refractivity contribution in [3.8, 4) is 0 Å². The lowest BCUT2D eigenvalue weighted by Crippen LogP contribution is -2.10. The third-order valence-corrected chi connectivity index (χ3v) is 3.52. The van der Waals surface area contributed by atoms with Gasteiger partial charge in [0.05, 0.1) is 10.9 Å². The van der Waals surface area contributed by atoms with Gasteiger partial charge in [-0.15, -0.1) is 0 Å². The van der Waals surface area contributed by atoms with E-state index >= 15 is 0 Å². The zero-order valence-electron chi connectivity index (χ0n) is 12.5. The van der Waals surface area contributed by atoms with Crippen LogP contribution in [0, 0.1) is 0 Å². The van der Waals surface area contributed by atoms with E-state index in [1.807, 2.05) is 6.92 Å². The molecule has 0 aliphatic rings. The van der Waals surface area contributed by atoms with Gasteiger partial charge in [0.2, 0.25) is 0 Å². The Morgan fingerprint density at radius 3 is 2.48 bits per heavy atom. The number of benzene rings is 1. The summed E-state index contributed by atoms with van der Waals surface area (Å²) in [5.74, 6) is 0.593. The molecule has 0 unspecified atom stereocenters. The van der Waals surface area contributed by atoms with Gasteiger partial charge in [0, 0.05) is 19.3 Å². The van der Waals surface area contributed by atoms with Crippen molar-refractivity contribution in [2.75, 3.05) is 5.32 Å². The Labute approximate surface area is 130 Å². The molecule has 0 aliphatic carbocycles. The molecule has 1 aromatic carbocycles. The van der Waals surface area contributed by atoms with Gasteiger partial charge < -0.3 is 5.32 Å². The van der Waals surface area contributed by atoms with E-state index < -0.39 is 11.7 Å². The number of aryl methyl sites for hydroxylation is 1. The van der Waals surface area contributed by atoms with Gasteiger partial charge in [-0.2, -0.15) is 18.3 Å². The van der Waals surface area contributed by atoms with Crippen molar-refractivity contribution in [1.29, 1.82) is 0 Å². The normalized spacial score (nSPS) is 13.3. The number of aromatic nitrogens is 4. The molecular formula is C15H14F3N5. The van der Waals surface area contributed by atoms with Gasteiger partial charge in [-0.05, 0) is 24.6 Å². The minimum atomic E-state index is -4.33. The van der Waals surface area contributed by atoms with Crippen molar-refractivity contribution in [3.63, 3.8) is 0 Å². The number of hydrogen-bond donors (Lipinski definition) is 1. The molecule has 0 radical (unpaired) electrons. The Morgan fingerprint density at radius 1 is 1.13 bits per heavy atom. The van der Waals surface area contributed by atoms with Crippen LogP contribution in [0.4, 0.5) is 19.0 Å². The van der Waals surface area contributed by atoms with Crippen molar-refractivity contribution in [3.05, 3.63) is 47.9 Å². The van der Waals surface area contributed by atoms with E-state index in [9.17, 15) is 13.2 Å². The van der Waals surface area contributed by atoms with Gasteiger partial charge >= 0.3 is 6.18 Å². The number of nitrogens with one attached hydrogen (secondary N) is 1. The zero-order chi connectivity index (χ0) is 16.6. The minimum Gasteiger partial charge on any atom is -0.363 e. The van der Waals surface area contributed by atoms with Gasteiger partial charge in [-0.3, -0.25) is 4.68 Å². The van der Waals surface area contributed by atoms with Gasteiger partial charge in [0.25, 0.3) is 0 Å². The van der Waals surface area contributed by atoms with Crippen molar-refractivity contribution < 1.29 is 13.2 Å². The lowest BCUT2D eigenvalue weighted by atomic mass is 10.1. The fraction of sp³-hybridized carbons (Fsp3) is 0.267. The molecule has 0 saturated heterocycles. The molecule has 0 aliphatic heterocycles. The third-order valence-electron chi connectivity index (χ3n) is 3.52. The first-order chi connectivity index (χ1) is 10.8. The van der Waals surface area contributed by atoms with E-state index in [0.717, 1.165) is 23.1 Å². The number of rotatable bonds is 3. The Hall–Kier alpha value is -2.64. The maximum absolute atomic E-state index is 12.6. The monoisotopic (exact) mass is 321 g/mol. The molecule has 3 aromatic rings. The molecule has 8 heteroatoms. The van der Waals surface area contributed by atoms with Crippen molar-refractivity contribution in [1.82, 2.24) is 19.7 Å². The molecule has 3 rings (SSSR count). The molecule has 0 amide bonds. The van der Waals surface area contributed by atoms with Crippen LogP contribution in [0.3, 0.4) is 0 Å². The number of halogens is 3. The first-order valence-corrected chi connectivity index (χ1v) is 6.92. The fourth-order valence-electron chi connectivity index (χ4n) is 2.31. The van der Waals surface area contributed by atoms with Crippen LogP contribution >= 0.6 is 0 Å². The lowest BCUT2D eigenvalue weighted by molar-refractivity contribution is -0.137. The molecule has 2 aromatic heterocycles. The Bertz CT molecular complexity index is 823. The Kier molecular flexibility index (Phi) is 3.67. The maximum Gasteiger partial charge on any atom is 0.416 e. The SMILES string of the molecule is C[C@H](Nc1ncnc2nn(C)cc12)c1ccc(C(F)(F)F)cc1. The molecule has 0 saturated carbocycles. The Balaban J connectivity index is 1.84. The van der Waals surface area contributed by atoms with Crippen LogP contribution in [0.1, 0.15) is 24.1 Å². The Morgan fingerprint density at radius 2 is 1.83 bits per heavy atom. The van der Waals surface area contributed by atoms with E-state index in [1.165, 1.54) is 18.5 Å². The van der Waals surface area contributed by atoms with Gasteiger partial charge in [0.15, 0.2) is 5.65 Å². The average molecular weight is 321 g/mol. The van der Waals surface area contributed by atoms with Crippen LogP contribution in [0.15, 0.2) is 36.8 Å². The fourth-order valence-corrected chi connectivity index (χ4v) is 2.31. The lowest BCUT2D eigenvalue weighted by Gasteiger charge is -2.16. The molecule has 1 atom stereocenters. The van der Waals surface area contributed by atoms with Crippen molar-refractivity contribution in [2.24, 2.45) is 7.05 Å².